The standard InChI is InChI=1S/C36H32O4S5.2CHF3O3S/c1-37-25-5-13-29(14-6-25)44(30-15-7-26(38-2)8-16-30)35-23-21-33(42-35)41-34-22-24-36(43-34)45(31-17-9-27(39-3)10-18-31)32-19-11-28(40-4)12-20-32;2*2-1(3,4)8(5,6)7/h5-24H,1-4H3;2*(H,5,6,7)/q+2;;/p-2. The van der Waals surface area contributed by atoms with Crippen LogP contribution in [0.4, 0.5) is 26.3 Å². The smallest absolute Gasteiger partial charge is 0.485 e. The zero-order valence-electron chi connectivity index (χ0n) is 31.8. The first kappa shape index (κ1) is 49.6. The number of hydrogen-bond donors (Lipinski definition) is 0. The maximum absolute atomic E-state index is 10.7. The summed E-state index contributed by atoms with van der Waals surface area (Å²) in [6, 6.07) is 42.7. The fourth-order valence-electron chi connectivity index (χ4n) is 4.62. The maximum atomic E-state index is 10.7. The van der Waals surface area contributed by atoms with E-state index in [2.05, 4.69) is 72.8 Å². The van der Waals surface area contributed by atoms with Crippen molar-refractivity contribution in [3.05, 3.63) is 121 Å². The van der Waals surface area contributed by atoms with E-state index in [0.717, 1.165) is 23.0 Å². The van der Waals surface area contributed by atoms with Gasteiger partial charge in [-0.25, -0.2) is 16.8 Å². The molecular weight excluding hydrogens is 955 g/mol. The number of thiophene rings is 2. The lowest BCUT2D eigenvalue weighted by molar-refractivity contribution is -0.0522. The van der Waals surface area contributed by atoms with Crippen LogP contribution in [0.3, 0.4) is 0 Å². The van der Waals surface area contributed by atoms with E-state index in [-0.39, 0.29) is 21.8 Å². The molecule has 0 spiro atoms. The van der Waals surface area contributed by atoms with Crippen LogP contribution in [0.5, 0.6) is 23.0 Å². The van der Waals surface area contributed by atoms with Crippen molar-refractivity contribution in [1.82, 2.24) is 0 Å². The third-order valence-electron chi connectivity index (χ3n) is 7.46. The maximum Gasteiger partial charge on any atom is 0.485 e. The molecule has 0 fully saturated rings. The molecule has 0 saturated carbocycles. The second kappa shape index (κ2) is 21.3. The summed E-state index contributed by atoms with van der Waals surface area (Å²) in [6.45, 7) is 0. The summed E-state index contributed by atoms with van der Waals surface area (Å²) in [7, 11) is -5.88. The van der Waals surface area contributed by atoms with Crippen molar-refractivity contribution < 1.29 is 71.2 Å². The number of hydrogen-bond acceptors (Lipinski definition) is 13. The van der Waals surface area contributed by atoms with Crippen molar-refractivity contribution in [2.45, 2.75) is 47.4 Å². The summed E-state index contributed by atoms with van der Waals surface area (Å²) in [4.78, 5) is 5.00. The largest absolute Gasteiger partial charge is 0.741 e. The van der Waals surface area contributed by atoms with Gasteiger partial charge in [0.15, 0.2) is 39.8 Å². The minimum atomic E-state index is -6.09. The number of benzene rings is 4. The molecule has 0 N–H and O–H groups in total. The van der Waals surface area contributed by atoms with Crippen LogP contribution in [0.15, 0.2) is 158 Å². The highest BCUT2D eigenvalue weighted by molar-refractivity contribution is 8.04. The van der Waals surface area contributed by atoms with Crippen LogP contribution in [0.1, 0.15) is 0 Å². The van der Waals surface area contributed by atoms with Crippen molar-refractivity contribution in [1.29, 1.82) is 0 Å². The second-order valence-corrected chi connectivity index (χ2v) is 22.4. The molecule has 2 heterocycles. The Kier molecular flexibility index (Phi) is 17.3. The lowest BCUT2D eigenvalue weighted by Gasteiger charge is -2.08. The van der Waals surface area contributed by atoms with Crippen molar-refractivity contribution in [2.24, 2.45) is 0 Å². The molecule has 23 heteroatoms. The molecule has 6 rings (SSSR count). The summed E-state index contributed by atoms with van der Waals surface area (Å²) < 4.78 is 145. The predicted molar refractivity (Wildman–Crippen MR) is 221 cm³/mol. The van der Waals surface area contributed by atoms with Crippen molar-refractivity contribution in [3.8, 4) is 23.0 Å². The van der Waals surface area contributed by atoms with Crippen LogP contribution in [0, 0.1) is 0 Å². The van der Waals surface area contributed by atoms with Crippen LogP contribution in [-0.4, -0.2) is 65.4 Å². The summed E-state index contributed by atoms with van der Waals surface area (Å²) in [5, 5.41) is 0. The molecule has 0 aliphatic heterocycles. The Labute approximate surface area is 365 Å². The molecule has 0 aliphatic rings. The Morgan fingerprint density at radius 2 is 0.656 bits per heavy atom. The number of halogens is 6. The molecule has 0 amide bonds. The summed E-state index contributed by atoms with van der Waals surface area (Å²) in [6.07, 6.45) is 0. The molecule has 0 unspecified atom stereocenters. The molecule has 0 aliphatic carbocycles. The van der Waals surface area contributed by atoms with Gasteiger partial charge in [-0.3, -0.25) is 0 Å². The van der Waals surface area contributed by atoms with Crippen molar-refractivity contribution >= 4 is 76.5 Å². The van der Waals surface area contributed by atoms with Gasteiger partial charge in [0.1, 0.15) is 44.8 Å². The normalized spacial score (nSPS) is 11.9. The van der Waals surface area contributed by atoms with E-state index in [1.807, 2.05) is 83.0 Å². The highest BCUT2D eigenvalue weighted by atomic mass is 32.2. The number of alkyl halides is 6. The molecule has 4 aromatic carbocycles. The summed E-state index contributed by atoms with van der Waals surface area (Å²) >= 11 is 5.55. The van der Waals surface area contributed by atoms with E-state index < -0.39 is 31.3 Å². The Bertz CT molecular complexity index is 2260. The van der Waals surface area contributed by atoms with E-state index in [4.69, 9.17) is 44.9 Å². The van der Waals surface area contributed by atoms with E-state index in [0.29, 0.717) is 0 Å². The Balaban J connectivity index is 0.000000434. The molecule has 10 nitrogen and oxygen atoms in total. The van der Waals surface area contributed by atoms with Gasteiger partial charge < -0.3 is 28.1 Å². The van der Waals surface area contributed by atoms with Crippen LogP contribution in [-0.2, 0) is 42.0 Å². The zero-order valence-corrected chi connectivity index (χ0v) is 37.5. The monoisotopic (exact) mass is 986 g/mol. The Morgan fingerprint density at radius 3 is 0.836 bits per heavy atom. The zero-order chi connectivity index (χ0) is 45.2. The first-order valence-corrected chi connectivity index (χ1v) is 24.3. The van der Waals surface area contributed by atoms with Crippen LogP contribution >= 0.6 is 34.4 Å². The number of rotatable bonds is 12. The Hall–Kier alpha value is -4.07. The van der Waals surface area contributed by atoms with E-state index in [9.17, 15) is 26.3 Å². The van der Waals surface area contributed by atoms with Crippen molar-refractivity contribution in [3.63, 3.8) is 0 Å². The third-order valence-corrected chi connectivity index (χ3v) is 17.2. The first-order chi connectivity index (χ1) is 28.6. The fraction of sp³-hybridized carbons (Fsp3) is 0.158. The highest BCUT2D eigenvalue weighted by Gasteiger charge is 2.38. The van der Waals surface area contributed by atoms with E-state index in [1.165, 1.54) is 36.4 Å². The van der Waals surface area contributed by atoms with Crippen LogP contribution in [0.25, 0.3) is 0 Å². The van der Waals surface area contributed by atoms with Gasteiger partial charge in [0.25, 0.3) is 0 Å². The molecule has 328 valence electrons. The van der Waals surface area contributed by atoms with Gasteiger partial charge in [-0.1, -0.05) is 34.4 Å². The quantitative estimate of drug-likeness (QED) is 0.0499. The molecular formula is C38H32F6O10S7. The third kappa shape index (κ3) is 14.0. The van der Waals surface area contributed by atoms with E-state index >= 15 is 0 Å². The second-order valence-electron chi connectivity index (χ2n) is 11.4. The van der Waals surface area contributed by atoms with Gasteiger partial charge in [0.2, 0.25) is 8.42 Å². The van der Waals surface area contributed by atoms with Crippen LogP contribution < -0.4 is 18.9 Å². The lowest BCUT2D eigenvalue weighted by atomic mass is 10.3. The van der Waals surface area contributed by atoms with Gasteiger partial charge in [0, 0.05) is 12.1 Å². The van der Waals surface area contributed by atoms with Crippen molar-refractivity contribution in [2.75, 3.05) is 28.4 Å². The molecule has 0 saturated heterocycles. The minimum Gasteiger partial charge on any atom is -0.741 e. The van der Waals surface area contributed by atoms with Gasteiger partial charge in [-0.2, -0.15) is 26.3 Å². The molecule has 0 bridgehead atoms. The molecule has 2 aromatic heterocycles. The van der Waals surface area contributed by atoms with E-state index in [1.54, 1.807) is 28.4 Å². The summed E-state index contributed by atoms with van der Waals surface area (Å²) in [5.74, 6) is 3.43. The van der Waals surface area contributed by atoms with Crippen LogP contribution in [0.2, 0.25) is 0 Å². The van der Waals surface area contributed by atoms with Gasteiger partial charge >= 0.3 is 11.0 Å². The molecule has 61 heavy (non-hydrogen) atoms. The van der Waals surface area contributed by atoms with Gasteiger partial charge in [-0.05, 0) is 109 Å². The highest BCUT2D eigenvalue weighted by Crippen LogP contribution is 2.45. The first-order valence-electron chi connectivity index (χ1n) is 16.5. The Morgan fingerprint density at radius 1 is 0.443 bits per heavy atom. The SMILES string of the molecule is COc1ccc([S+](c2ccc(OC)cc2)c2ccc(Sc3ccc([S+](c4ccc(OC)cc4)c4ccc(OC)cc4)s3)s2)cc1.O=S(=O)([O-])C(F)(F)F.O=S(=O)([O-])C(F)(F)F. The predicted octanol–water partition coefficient (Wildman–Crippen LogP) is 10.3. The number of methoxy groups -OCH3 is 4. The van der Waals surface area contributed by atoms with Gasteiger partial charge in [0.05, 0.1) is 36.9 Å². The average Bonchev–Trinajstić information content (AvgIpc) is 3.88. The van der Waals surface area contributed by atoms with Gasteiger partial charge in [-0.15, -0.1) is 0 Å². The minimum absolute atomic E-state index is 0.252. The molecule has 0 atom stereocenters. The molecule has 6 aromatic rings. The molecule has 0 radical (unpaired) electrons. The summed E-state index contributed by atoms with van der Waals surface area (Å²) in [5.41, 5.74) is -11.3. The lowest BCUT2D eigenvalue weighted by Crippen LogP contribution is -2.21. The number of ether oxygens (including phenoxy) is 4. The topological polar surface area (TPSA) is 151 Å². The average molecular weight is 987 g/mol. The fourth-order valence-corrected chi connectivity index (χ4v) is 13.8.